The predicted molar refractivity (Wildman–Crippen MR) is 101 cm³/mol. The van der Waals surface area contributed by atoms with Crippen LogP contribution in [0.1, 0.15) is 37.7 Å². The molecular formula is C21H25N3O3. The highest BCUT2D eigenvalue weighted by atomic mass is 16.2. The van der Waals surface area contributed by atoms with Crippen LogP contribution >= 0.6 is 0 Å². The molecule has 5 rings (SSSR count). The molecule has 3 aliphatic heterocycles. The maximum Gasteiger partial charge on any atom is 0.230 e. The summed E-state index contributed by atoms with van der Waals surface area (Å²) < 4.78 is 0. The van der Waals surface area contributed by atoms with Crippen LogP contribution in [0.15, 0.2) is 18.2 Å². The number of nitrogens with zero attached hydrogens (tertiary/aromatic N) is 3. The van der Waals surface area contributed by atoms with Crippen LogP contribution in [0, 0.1) is 11.8 Å². The van der Waals surface area contributed by atoms with E-state index in [1.54, 1.807) is 4.90 Å². The summed E-state index contributed by atoms with van der Waals surface area (Å²) in [5, 5.41) is 0. The second-order valence-electron chi connectivity index (χ2n) is 8.26. The molecular weight excluding hydrogens is 342 g/mol. The van der Waals surface area contributed by atoms with Crippen molar-refractivity contribution in [3.05, 3.63) is 23.8 Å². The molecule has 0 radical (unpaired) electrons. The molecule has 6 nitrogen and oxygen atoms in total. The number of likely N-dealkylation sites (tertiary alicyclic amines) is 1. The molecule has 0 N–H and O–H groups in total. The van der Waals surface area contributed by atoms with Gasteiger partial charge < -0.3 is 14.7 Å². The summed E-state index contributed by atoms with van der Waals surface area (Å²) in [6.45, 7) is 2.86. The predicted octanol–water partition coefficient (Wildman–Crippen LogP) is 1.96. The number of carbonyl (C=O) groups excluding carboxylic acids is 3. The standard InChI is InChI=1S/C21H25N3O3/c25-19-12-16(20(26)22-8-1-2-9-22)13-24(19)17-5-6-18-15(11-17)7-10-23(18)21(27)14-3-4-14/h5-6,11,14,16H,1-4,7-10,12-13H2. The van der Waals surface area contributed by atoms with Crippen LogP contribution in [0.2, 0.25) is 0 Å². The zero-order valence-corrected chi connectivity index (χ0v) is 15.5. The normalized spacial score (nSPS) is 24.7. The summed E-state index contributed by atoms with van der Waals surface area (Å²) in [7, 11) is 0. The zero-order chi connectivity index (χ0) is 18.5. The van der Waals surface area contributed by atoms with E-state index in [2.05, 4.69) is 0 Å². The molecule has 3 amide bonds. The van der Waals surface area contributed by atoms with Crippen molar-refractivity contribution in [1.82, 2.24) is 4.90 Å². The Bertz CT molecular complexity index is 811. The number of rotatable bonds is 3. The lowest BCUT2D eigenvalue weighted by atomic mass is 10.1. The third kappa shape index (κ3) is 2.91. The van der Waals surface area contributed by atoms with Crippen molar-refractivity contribution >= 4 is 29.1 Å². The zero-order valence-electron chi connectivity index (χ0n) is 15.5. The Labute approximate surface area is 159 Å². The summed E-state index contributed by atoms with van der Waals surface area (Å²) in [5.74, 6) is 0.391. The highest BCUT2D eigenvalue weighted by molar-refractivity contribution is 6.02. The molecule has 1 aromatic carbocycles. The first-order chi connectivity index (χ1) is 13.1. The van der Waals surface area contributed by atoms with Crippen molar-refractivity contribution in [2.45, 2.75) is 38.5 Å². The summed E-state index contributed by atoms with van der Waals surface area (Å²) in [6.07, 6.45) is 5.29. The van der Waals surface area contributed by atoms with Crippen LogP contribution in [0.4, 0.5) is 11.4 Å². The molecule has 1 saturated carbocycles. The van der Waals surface area contributed by atoms with Gasteiger partial charge in [-0.1, -0.05) is 0 Å². The second-order valence-corrected chi connectivity index (χ2v) is 8.26. The molecule has 3 heterocycles. The first-order valence-corrected chi connectivity index (χ1v) is 10.2. The van der Waals surface area contributed by atoms with Crippen molar-refractivity contribution in [3.8, 4) is 0 Å². The van der Waals surface area contributed by atoms with Crippen LogP contribution in [0.25, 0.3) is 0 Å². The Kier molecular flexibility index (Phi) is 3.95. The smallest absolute Gasteiger partial charge is 0.230 e. The maximum atomic E-state index is 12.6. The minimum absolute atomic E-state index is 0.0245. The average molecular weight is 367 g/mol. The number of carbonyl (C=O) groups is 3. The lowest BCUT2D eigenvalue weighted by molar-refractivity contribution is -0.134. The lowest BCUT2D eigenvalue weighted by Crippen LogP contribution is -2.35. The van der Waals surface area contributed by atoms with Gasteiger partial charge in [-0.05, 0) is 55.9 Å². The van der Waals surface area contributed by atoms with E-state index in [9.17, 15) is 14.4 Å². The number of hydrogen-bond donors (Lipinski definition) is 0. The maximum absolute atomic E-state index is 12.6. The Morgan fingerprint density at radius 3 is 2.48 bits per heavy atom. The van der Waals surface area contributed by atoms with Gasteiger partial charge >= 0.3 is 0 Å². The van der Waals surface area contributed by atoms with Gasteiger partial charge in [0.05, 0.1) is 5.92 Å². The minimum Gasteiger partial charge on any atom is -0.342 e. The van der Waals surface area contributed by atoms with Gasteiger partial charge in [-0.15, -0.1) is 0 Å². The Balaban J connectivity index is 1.32. The van der Waals surface area contributed by atoms with Gasteiger partial charge in [-0.2, -0.15) is 0 Å². The molecule has 1 unspecified atom stereocenters. The van der Waals surface area contributed by atoms with E-state index < -0.39 is 0 Å². The molecule has 0 aromatic heterocycles. The molecule has 1 atom stereocenters. The van der Waals surface area contributed by atoms with E-state index in [1.165, 1.54) is 0 Å². The molecule has 0 spiro atoms. The van der Waals surface area contributed by atoms with Crippen LogP contribution in [-0.2, 0) is 20.8 Å². The van der Waals surface area contributed by atoms with Crippen molar-refractivity contribution in [3.63, 3.8) is 0 Å². The van der Waals surface area contributed by atoms with Gasteiger partial charge in [0, 0.05) is 49.9 Å². The molecule has 142 valence electrons. The quantitative estimate of drug-likeness (QED) is 0.821. The molecule has 1 aromatic rings. The van der Waals surface area contributed by atoms with Crippen molar-refractivity contribution in [2.75, 3.05) is 36.0 Å². The number of amides is 3. The van der Waals surface area contributed by atoms with Crippen molar-refractivity contribution in [2.24, 2.45) is 11.8 Å². The van der Waals surface area contributed by atoms with Crippen LogP contribution in [-0.4, -0.2) is 48.8 Å². The first kappa shape index (κ1) is 16.8. The number of benzene rings is 1. The molecule has 1 aliphatic carbocycles. The first-order valence-electron chi connectivity index (χ1n) is 10.2. The third-order valence-electron chi connectivity index (χ3n) is 6.35. The van der Waals surface area contributed by atoms with Gasteiger partial charge in [-0.25, -0.2) is 0 Å². The van der Waals surface area contributed by atoms with Gasteiger partial charge in [0.1, 0.15) is 0 Å². The number of fused-ring (bicyclic) bond motifs is 1. The van der Waals surface area contributed by atoms with E-state index in [0.29, 0.717) is 13.0 Å². The van der Waals surface area contributed by atoms with Gasteiger partial charge in [0.15, 0.2) is 0 Å². The van der Waals surface area contributed by atoms with Crippen molar-refractivity contribution in [1.29, 1.82) is 0 Å². The molecule has 0 bridgehead atoms. The largest absolute Gasteiger partial charge is 0.342 e. The lowest BCUT2D eigenvalue weighted by Gasteiger charge is -2.21. The van der Waals surface area contributed by atoms with E-state index in [4.69, 9.17) is 0 Å². The summed E-state index contributed by atoms with van der Waals surface area (Å²) in [6, 6.07) is 5.94. The Hall–Kier alpha value is -2.37. The fourth-order valence-electron chi connectivity index (χ4n) is 4.65. The number of hydrogen-bond acceptors (Lipinski definition) is 3. The highest BCUT2D eigenvalue weighted by Crippen LogP contribution is 2.38. The number of anilines is 2. The second kappa shape index (κ2) is 6.36. The topological polar surface area (TPSA) is 60.9 Å². The summed E-state index contributed by atoms with van der Waals surface area (Å²) in [4.78, 5) is 43.2. The fourth-order valence-corrected chi connectivity index (χ4v) is 4.65. The fraction of sp³-hybridized carbons (Fsp3) is 0.571. The molecule has 6 heteroatoms. The Morgan fingerprint density at radius 1 is 0.963 bits per heavy atom. The monoisotopic (exact) mass is 367 g/mol. The average Bonchev–Trinajstić information content (AvgIpc) is 3.08. The van der Waals surface area contributed by atoms with Crippen LogP contribution < -0.4 is 9.80 Å². The van der Waals surface area contributed by atoms with Gasteiger partial charge in [0.2, 0.25) is 17.7 Å². The SMILES string of the molecule is O=C(C1CC(=O)N(c2ccc3c(c2)CCN3C(=O)C2CC2)C1)N1CCCC1. The van der Waals surface area contributed by atoms with E-state index in [0.717, 1.165) is 68.7 Å². The molecule has 3 fully saturated rings. The van der Waals surface area contributed by atoms with E-state index in [1.807, 2.05) is 28.0 Å². The molecule has 4 aliphatic rings. The van der Waals surface area contributed by atoms with Crippen LogP contribution in [0.5, 0.6) is 0 Å². The van der Waals surface area contributed by atoms with Gasteiger partial charge in [0.25, 0.3) is 0 Å². The molecule has 27 heavy (non-hydrogen) atoms. The highest BCUT2D eigenvalue weighted by Gasteiger charge is 2.39. The van der Waals surface area contributed by atoms with E-state index >= 15 is 0 Å². The van der Waals surface area contributed by atoms with Crippen molar-refractivity contribution < 1.29 is 14.4 Å². The summed E-state index contributed by atoms with van der Waals surface area (Å²) >= 11 is 0. The summed E-state index contributed by atoms with van der Waals surface area (Å²) in [5.41, 5.74) is 2.98. The molecule has 2 saturated heterocycles. The third-order valence-corrected chi connectivity index (χ3v) is 6.35. The van der Waals surface area contributed by atoms with E-state index in [-0.39, 0.29) is 29.6 Å². The minimum atomic E-state index is -0.225. The van der Waals surface area contributed by atoms with Crippen LogP contribution in [0.3, 0.4) is 0 Å². The van der Waals surface area contributed by atoms with Gasteiger partial charge in [-0.3, -0.25) is 14.4 Å². The Morgan fingerprint density at radius 2 is 1.74 bits per heavy atom.